The number of likely N-dealkylation sites (tertiary alicyclic amines) is 1. The predicted octanol–water partition coefficient (Wildman–Crippen LogP) is 2.73. The molecule has 1 unspecified atom stereocenters. The molecule has 1 aromatic rings. The molecule has 1 atom stereocenters. The topological polar surface area (TPSA) is 75.7 Å². The molecule has 1 aromatic carbocycles. The van der Waals surface area contributed by atoms with Gasteiger partial charge in [0.25, 0.3) is 5.91 Å². The van der Waals surface area contributed by atoms with E-state index in [1.807, 2.05) is 24.5 Å². The molecule has 0 spiro atoms. The van der Waals surface area contributed by atoms with Crippen LogP contribution in [-0.4, -0.2) is 59.9 Å². The number of carbonyl (C=O) groups is 3. The van der Waals surface area contributed by atoms with Gasteiger partial charge in [-0.25, -0.2) is 4.79 Å². The Bertz CT molecular complexity index is 658. The van der Waals surface area contributed by atoms with Gasteiger partial charge >= 0.3 is 5.97 Å². The number of nitrogens with one attached hydrogen (secondary N) is 1. The fourth-order valence-electron chi connectivity index (χ4n) is 3.20. The highest BCUT2D eigenvalue weighted by Gasteiger charge is 2.31. The third-order valence-corrected chi connectivity index (χ3v) is 5.38. The van der Waals surface area contributed by atoms with Crippen molar-refractivity contribution in [3.8, 4) is 0 Å². The van der Waals surface area contributed by atoms with E-state index in [1.54, 1.807) is 42.6 Å². The molecule has 1 heterocycles. The van der Waals surface area contributed by atoms with Crippen molar-refractivity contribution in [3.63, 3.8) is 0 Å². The molecule has 2 rings (SSSR count). The van der Waals surface area contributed by atoms with Crippen LogP contribution in [0.25, 0.3) is 0 Å². The van der Waals surface area contributed by atoms with Gasteiger partial charge in [-0.05, 0) is 57.3 Å². The molecule has 1 fully saturated rings. The molecule has 6 nitrogen and oxygen atoms in total. The molecule has 0 aromatic heterocycles. The third-order valence-electron chi connectivity index (χ3n) is 4.74. The summed E-state index contributed by atoms with van der Waals surface area (Å²) in [6, 6.07) is 8.56. The summed E-state index contributed by atoms with van der Waals surface area (Å²) in [6.45, 7) is 4.67. The normalized spacial score (nSPS) is 15.9. The Hall–Kier alpha value is -2.02. The zero-order valence-electron chi connectivity index (χ0n) is 16.8. The standard InChI is InChI=1S/C21H30N2O4S/c1-15(2)27-21(26)18(11-14-28-3)22-19(24)16-9-12-23(13-10-16)20(25)17-7-5-4-6-8-17/h4-8,15-16,18H,9-14H2,1-3H3,(H,22,24). The smallest absolute Gasteiger partial charge is 0.328 e. The number of hydrogen-bond donors (Lipinski definition) is 1. The lowest BCUT2D eigenvalue weighted by atomic mass is 9.95. The van der Waals surface area contributed by atoms with Crippen LogP contribution in [0.1, 0.15) is 43.5 Å². The van der Waals surface area contributed by atoms with Crippen LogP contribution in [0.2, 0.25) is 0 Å². The Balaban J connectivity index is 1.88. The Kier molecular flexibility index (Phi) is 8.83. The molecule has 154 valence electrons. The van der Waals surface area contributed by atoms with Crippen molar-refractivity contribution in [1.29, 1.82) is 0 Å². The molecule has 1 aliphatic heterocycles. The fraction of sp³-hybridized carbons (Fsp3) is 0.571. The van der Waals surface area contributed by atoms with Gasteiger partial charge in [0, 0.05) is 24.6 Å². The van der Waals surface area contributed by atoms with E-state index < -0.39 is 6.04 Å². The van der Waals surface area contributed by atoms with E-state index in [0.717, 1.165) is 5.75 Å². The van der Waals surface area contributed by atoms with E-state index >= 15 is 0 Å². The first-order valence-corrected chi connectivity index (χ1v) is 11.2. The SMILES string of the molecule is CSCCC(NC(=O)C1CCN(C(=O)c2ccccc2)CC1)C(=O)OC(C)C. The zero-order chi connectivity index (χ0) is 20.5. The van der Waals surface area contributed by atoms with Crippen molar-refractivity contribution >= 4 is 29.5 Å². The minimum absolute atomic E-state index is 0.00202. The summed E-state index contributed by atoms with van der Waals surface area (Å²) >= 11 is 1.63. The third kappa shape index (κ3) is 6.55. The minimum Gasteiger partial charge on any atom is -0.461 e. The zero-order valence-corrected chi connectivity index (χ0v) is 17.7. The van der Waals surface area contributed by atoms with Gasteiger partial charge in [0.1, 0.15) is 6.04 Å². The van der Waals surface area contributed by atoms with Crippen LogP contribution >= 0.6 is 11.8 Å². The van der Waals surface area contributed by atoms with Gasteiger partial charge in [0.05, 0.1) is 6.10 Å². The average Bonchev–Trinajstić information content (AvgIpc) is 2.70. The van der Waals surface area contributed by atoms with Crippen LogP contribution in [0.15, 0.2) is 30.3 Å². The van der Waals surface area contributed by atoms with Gasteiger partial charge in [0.15, 0.2) is 0 Å². The van der Waals surface area contributed by atoms with Crippen molar-refractivity contribution in [2.45, 2.75) is 45.3 Å². The summed E-state index contributed by atoms with van der Waals surface area (Å²) in [5.74, 6) is 0.0660. The number of piperidine rings is 1. The van der Waals surface area contributed by atoms with Gasteiger partial charge < -0.3 is 15.0 Å². The maximum Gasteiger partial charge on any atom is 0.328 e. The molecule has 7 heteroatoms. The largest absolute Gasteiger partial charge is 0.461 e. The van der Waals surface area contributed by atoms with E-state index in [1.165, 1.54) is 0 Å². The van der Waals surface area contributed by atoms with E-state index in [4.69, 9.17) is 4.74 Å². The molecule has 0 saturated carbocycles. The second-order valence-corrected chi connectivity index (χ2v) is 8.25. The Morgan fingerprint density at radius 1 is 1.18 bits per heavy atom. The maximum atomic E-state index is 12.7. The number of rotatable bonds is 8. The van der Waals surface area contributed by atoms with Gasteiger partial charge in [-0.3, -0.25) is 9.59 Å². The lowest BCUT2D eigenvalue weighted by molar-refractivity contribution is -0.152. The fourth-order valence-corrected chi connectivity index (χ4v) is 3.67. The van der Waals surface area contributed by atoms with Crippen LogP contribution in [0.3, 0.4) is 0 Å². The predicted molar refractivity (Wildman–Crippen MR) is 111 cm³/mol. The van der Waals surface area contributed by atoms with E-state index in [2.05, 4.69) is 5.32 Å². The molecule has 1 saturated heterocycles. The molecule has 1 aliphatic rings. The van der Waals surface area contributed by atoms with Crippen LogP contribution in [-0.2, 0) is 14.3 Å². The first-order chi connectivity index (χ1) is 13.4. The summed E-state index contributed by atoms with van der Waals surface area (Å²) in [5, 5.41) is 2.87. The molecular weight excluding hydrogens is 376 g/mol. The first-order valence-electron chi connectivity index (χ1n) is 9.76. The summed E-state index contributed by atoms with van der Waals surface area (Å²) in [7, 11) is 0. The number of ether oxygens (including phenoxy) is 1. The minimum atomic E-state index is -0.619. The average molecular weight is 407 g/mol. The summed E-state index contributed by atoms with van der Waals surface area (Å²) in [6.07, 6.45) is 3.49. The number of carbonyl (C=O) groups excluding carboxylic acids is 3. The Morgan fingerprint density at radius 3 is 2.39 bits per heavy atom. The molecule has 0 aliphatic carbocycles. The summed E-state index contributed by atoms with van der Waals surface area (Å²) < 4.78 is 5.28. The molecule has 0 radical (unpaired) electrons. The van der Waals surface area contributed by atoms with Crippen molar-refractivity contribution in [2.24, 2.45) is 5.92 Å². The Labute approximate surface area is 171 Å². The molecular formula is C21H30N2O4S. The van der Waals surface area contributed by atoms with Gasteiger partial charge in [-0.1, -0.05) is 18.2 Å². The number of benzene rings is 1. The monoisotopic (exact) mass is 406 g/mol. The number of amides is 2. The van der Waals surface area contributed by atoms with Crippen molar-refractivity contribution < 1.29 is 19.1 Å². The van der Waals surface area contributed by atoms with Crippen molar-refractivity contribution in [1.82, 2.24) is 10.2 Å². The molecule has 0 bridgehead atoms. The number of esters is 1. The highest BCUT2D eigenvalue weighted by molar-refractivity contribution is 7.98. The Morgan fingerprint density at radius 2 is 1.82 bits per heavy atom. The highest BCUT2D eigenvalue weighted by atomic mass is 32.2. The summed E-state index contributed by atoms with van der Waals surface area (Å²) in [4.78, 5) is 39.3. The maximum absolute atomic E-state index is 12.7. The quantitative estimate of drug-likeness (QED) is 0.672. The lowest BCUT2D eigenvalue weighted by Gasteiger charge is -2.32. The second kappa shape index (κ2) is 11.1. The van der Waals surface area contributed by atoms with E-state index in [9.17, 15) is 14.4 Å². The van der Waals surface area contributed by atoms with Crippen LogP contribution in [0.5, 0.6) is 0 Å². The van der Waals surface area contributed by atoms with Gasteiger partial charge in [-0.2, -0.15) is 11.8 Å². The molecule has 1 N–H and O–H groups in total. The lowest BCUT2D eigenvalue weighted by Crippen LogP contribution is -2.48. The summed E-state index contributed by atoms with van der Waals surface area (Å²) in [5.41, 5.74) is 0.666. The first kappa shape index (κ1) is 22.3. The van der Waals surface area contributed by atoms with Crippen molar-refractivity contribution in [3.05, 3.63) is 35.9 Å². The van der Waals surface area contributed by atoms with Gasteiger partial charge in [0.2, 0.25) is 5.91 Å². The van der Waals surface area contributed by atoms with Crippen LogP contribution in [0, 0.1) is 5.92 Å². The van der Waals surface area contributed by atoms with Crippen molar-refractivity contribution in [2.75, 3.05) is 25.1 Å². The van der Waals surface area contributed by atoms with Crippen LogP contribution < -0.4 is 5.32 Å². The van der Waals surface area contributed by atoms with E-state index in [-0.39, 0.29) is 29.8 Å². The molecule has 28 heavy (non-hydrogen) atoms. The second-order valence-electron chi connectivity index (χ2n) is 7.26. The van der Waals surface area contributed by atoms with E-state index in [0.29, 0.717) is 37.9 Å². The highest BCUT2D eigenvalue weighted by Crippen LogP contribution is 2.20. The molecule has 2 amide bonds. The number of thioether (sulfide) groups is 1. The number of nitrogens with zero attached hydrogens (tertiary/aromatic N) is 1. The van der Waals surface area contributed by atoms with Gasteiger partial charge in [-0.15, -0.1) is 0 Å². The number of hydrogen-bond acceptors (Lipinski definition) is 5. The van der Waals surface area contributed by atoms with Crippen LogP contribution in [0.4, 0.5) is 0 Å².